The zero-order valence-electron chi connectivity index (χ0n) is 9.29. The standard InChI is InChI=1S/C10H10F2N4O2/c11-10(12)16-3-1-7(14-16)9-13-8(15-18-9)6-2-4-17-5-6/h1,3,6,10H,2,4-5H2/t6-/m0/s1. The first-order valence-corrected chi connectivity index (χ1v) is 5.49. The molecular weight excluding hydrogens is 246 g/mol. The van der Waals surface area contributed by atoms with Gasteiger partial charge < -0.3 is 9.26 Å². The topological polar surface area (TPSA) is 66.0 Å². The van der Waals surface area contributed by atoms with Gasteiger partial charge in [-0.25, -0.2) is 4.68 Å². The molecule has 6 nitrogen and oxygen atoms in total. The number of hydrogen-bond donors (Lipinski definition) is 0. The van der Waals surface area contributed by atoms with Crippen LogP contribution in [0.15, 0.2) is 16.8 Å². The van der Waals surface area contributed by atoms with Crippen LogP contribution in [-0.4, -0.2) is 33.1 Å². The molecular formula is C10H10F2N4O2. The summed E-state index contributed by atoms with van der Waals surface area (Å²) < 4.78 is 35.5. The number of alkyl halides is 2. The summed E-state index contributed by atoms with van der Waals surface area (Å²) in [5, 5.41) is 7.48. The molecule has 18 heavy (non-hydrogen) atoms. The smallest absolute Gasteiger partial charge is 0.333 e. The molecule has 0 spiro atoms. The highest BCUT2D eigenvalue weighted by Gasteiger charge is 2.24. The van der Waals surface area contributed by atoms with Crippen molar-refractivity contribution in [3.05, 3.63) is 18.1 Å². The molecule has 0 unspecified atom stereocenters. The first-order chi connectivity index (χ1) is 8.74. The van der Waals surface area contributed by atoms with Gasteiger partial charge in [-0.15, -0.1) is 0 Å². The van der Waals surface area contributed by atoms with Gasteiger partial charge in [0.25, 0.3) is 5.89 Å². The number of nitrogens with zero attached hydrogens (tertiary/aromatic N) is 4. The van der Waals surface area contributed by atoms with E-state index < -0.39 is 6.55 Å². The molecule has 0 aromatic carbocycles. The van der Waals surface area contributed by atoms with Gasteiger partial charge >= 0.3 is 6.55 Å². The molecule has 0 bridgehead atoms. The van der Waals surface area contributed by atoms with Crippen molar-refractivity contribution in [2.75, 3.05) is 13.2 Å². The highest BCUT2D eigenvalue weighted by Crippen LogP contribution is 2.25. The zero-order valence-corrected chi connectivity index (χ0v) is 9.29. The molecule has 96 valence electrons. The largest absolute Gasteiger partial charge is 0.381 e. The molecule has 2 aromatic heterocycles. The molecule has 0 amide bonds. The normalized spacial score (nSPS) is 19.8. The Hall–Kier alpha value is -1.83. The fraction of sp³-hybridized carbons (Fsp3) is 0.500. The monoisotopic (exact) mass is 256 g/mol. The first kappa shape index (κ1) is 11.3. The summed E-state index contributed by atoms with van der Waals surface area (Å²) in [5.41, 5.74) is 0.243. The highest BCUT2D eigenvalue weighted by atomic mass is 19.3. The van der Waals surface area contributed by atoms with Crippen LogP contribution < -0.4 is 0 Å². The van der Waals surface area contributed by atoms with E-state index in [1.54, 1.807) is 0 Å². The summed E-state index contributed by atoms with van der Waals surface area (Å²) in [6, 6.07) is 1.41. The number of ether oxygens (including phenoxy) is 1. The quantitative estimate of drug-likeness (QED) is 0.838. The molecule has 3 heterocycles. The second-order valence-electron chi connectivity index (χ2n) is 3.98. The van der Waals surface area contributed by atoms with Crippen molar-refractivity contribution in [1.82, 2.24) is 19.9 Å². The van der Waals surface area contributed by atoms with E-state index in [4.69, 9.17) is 9.26 Å². The van der Waals surface area contributed by atoms with Gasteiger partial charge in [-0.1, -0.05) is 5.16 Å². The van der Waals surface area contributed by atoms with E-state index in [-0.39, 0.29) is 17.5 Å². The van der Waals surface area contributed by atoms with E-state index in [0.717, 1.165) is 6.42 Å². The Morgan fingerprint density at radius 2 is 2.33 bits per heavy atom. The van der Waals surface area contributed by atoms with E-state index >= 15 is 0 Å². The molecule has 2 aromatic rings. The van der Waals surface area contributed by atoms with Crippen molar-refractivity contribution in [3.63, 3.8) is 0 Å². The number of hydrogen-bond acceptors (Lipinski definition) is 5. The fourth-order valence-corrected chi connectivity index (χ4v) is 1.80. The van der Waals surface area contributed by atoms with Crippen LogP contribution in [0.25, 0.3) is 11.6 Å². The lowest BCUT2D eigenvalue weighted by Gasteiger charge is -1.97. The van der Waals surface area contributed by atoms with Crippen molar-refractivity contribution in [3.8, 4) is 11.6 Å². The van der Waals surface area contributed by atoms with Gasteiger partial charge in [-0.3, -0.25) is 0 Å². The van der Waals surface area contributed by atoms with Crippen molar-refractivity contribution in [1.29, 1.82) is 0 Å². The van der Waals surface area contributed by atoms with Gasteiger partial charge in [0.2, 0.25) is 0 Å². The van der Waals surface area contributed by atoms with E-state index in [1.165, 1.54) is 12.3 Å². The van der Waals surface area contributed by atoms with Gasteiger partial charge in [-0.05, 0) is 12.5 Å². The third-order valence-electron chi connectivity index (χ3n) is 2.76. The fourth-order valence-electron chi connectivity index (χ4n) is 1.80. The summed E-state index contributed by atoms with van der Waals surface area (Å²) in [7, 11) is 0. The van der Waals surface area contributed by atoms with Gasteiger partial charge in [0, 0.05) is 18.7 Å². The van der Waals surface area contributed by atoms with Crippen LogP contribution in [-0.2, 0) is 4.74 Å². The molecule has 0 radical (unpaired) electrons. The van der Waals surface area contributed by atoms with Gasteiger partial charge in [-0.2, -0.15) is 18.9 Å². The molecule has 1 aliphatic heterocycles. The van der Waals surface area contributed by atoms with E-state index in [2.05, 4.69) is 15.2 Å². The summed E-state index contributed by atoms with van der Waals surface area (Å²) in [4.78, 5) is 4.16. The predicted octanol–water partition coefficient (Wildman–Crippen LogP) is 1.83. The van der Waals surface area contributed by atoms with Crippen LogP contribution >= 0.6 is 0 Å². The molecule has 1 aliphatic rings. The highest BCUT2D eigenvalue weighted by molar-refractivity contribution is 5.45. The zero-order chi connectivity index (χ0) is 12.5. The summed E-state index contributed by atoms with van der Waals surface area (Å²) in [6.45, 7) is -1.44. The third kappa shape index (κ3) is 1.99. The van der Waals surface area contributed by atoms with Gasteiger partial charge in [0.1, 0.15) is 0 Å². The molecule has 0 N–H and O–H groups in total. The lowest BCUT2D eigenvalue weighted by atomic mass is 10.1. The second kappa shape index (κ2) is 4.45. The minimum Gasteiger partial charge on any atom is -0.381 e. The average molecular weight is 256 g/mol. The van der Waals surface area contributed by atoms with Gasteiger partial charge in [0.15, 0.2) is 11.5 Å². The second-order valence-corrected chi connectivity index (χ2v) is 3.98. The summed E-state index contributed by atoms with van der Waals surface area (Å²) in [5.74, 6) is 0.796. The SMILES string of the molecule is FC(F)n1ccc(-c2nc([C@H]3CCOC3)no2)n1. The van der Waals surface area contributed by atoms with E-state index in [9.17, 15) is 8.78 Å². The molecule has 3 rings (SSSR count). The molecule has 1 fully saturated rings. The Morgan fingerprint density at radius 3 is 3.00 bits per heavy atom. The van der Waals surface area contributed by atoms with Crippen molar-refractivity contribution in [2.45, 2.75) is 18.9 Å². The molecule has 8 heteroatoms. The average Bonchev–Trinajstić information content (AvgIpc) is 3.10. The van der Waals surface area contributed by atoms with Crippen molar-refractivity contribution >= 4 is 0 Å². The molecule has 1 saturated heterocycles. The Labute approximate surface area is 101 Å². The lowest BCUT2D eigenvalue weighted by Crippen LogP contribution is -2.00. The van der Waals surface area contributed by atoms with Crippen molar-refractivity contribution in [2.24, 2.45) is 0 Å². The van der Waals surface area contributed by atoms with E-state index in [0.29, 0.717) is 23.7 Å². The predicted molar refractivity (Wildman–Crippen MR) is 54.9 cm³/mol. The van der Waals surface area contributed by atoms with Gasteiger partial charge in [0.05, 0.1) is 6.61 Å². The minimum atomic E-state index is -2.68. The lowest BCUT2D eigenvalue weighted by molar-refractivity contribution is 0.0568. The summed E-state index contributed by atoms with van der Waals surface area (Å²) in [6.07, 6.45) is 2.01. The first-order valence-electron chi connectivity index (χ1n) is 5.49. The maximum Gasteiger partial charge on any atom is 0.333 e. The molecule has 0 saturated carbocycles. The Bertz CT molecular complexity index is 533. The number of halogens is 2. The maximum atomic E-state index is 12.4. The van der Waals surface area contributed by atoms with Crippen LogP contribution in [0.4, 0.5) is 8.78 Å². The van der Waals surface area contributed by atoms with Crippen molar-refractivity contribution < 1.29 is 18.0 Å². The van der Waals surface area contributed by atoms with Crippen LogP contribution in [0.5, 0.6) is 0 Å². The van der Waals surface area contributed by atoms with Crippen LogP contribution in [0.3, 0.4) is 0 Å². The van der Waals surface area contributed by atoms with Crippen LogP contribution in [0.2, 0.25) is 0 Å². The van der Waals surface area contributed by atoms with Crippen LogP contribution in [0.1, 0.15) is 24.7 Å². The molecule has 1 atom stereocenters. The maximum absolute atomic E-state index is 12.4. The number of aromatic nitrogens is 4. The number of rotatable bonds is 3. The van der Waals surface area contributed by atoms with E-state index in [1.807, 2.05) is 0 Å². The minimum absolute atomic E-state index is 0.111. The Kier molecular flexibility index (Phi) is 2.78. The summed E-state index contributed by atoms with van der Waals surface area (Å²) >= 11 is 0. The third-order valence-corrected chi connectivity index (χ3v) is 2.76. The molecule has 0 aliphatic carbocycles. The Balaban J connectivity index is 1.83. The van der Waals surface area contributed by atoms with Crippen LogP contribution in [0, 0.1) is 0 Å². The Morgan fingerprint density at radius 1 is 1.44 bits per heavy atom.